The quantitative estimate of drug-likeness (QED) is 0.227. The van der Waals surface area contributed by atoms with Crippen molar-refractivity contribution in [2.24, 2.45) is 0 Å². The summed E-state index contributed by atoms with van der Waals surface area (Å²) < 4.78 is 5.93. The van der Waals surface area contributed by atoms with Crippen LogP contribution >= 0.6 is 0 Å². The molecular formula is C23H38O2. The van der Waals surface area contributed by atoms with Gasteiger partial charge in [0.15, 0.2) is 0 Å². The van der Waals surface area contributed by atoms with E-state index in [2.05, 4.69) is 19.1 Å². The number of unbranched alkanes of at least 4 members (excludes halogenated alkanes) is 10. The Morgan fingerprint density at radius 2 is 1.40 bits per heavy atom. The summed E-state index contributed by atoms with van der Waals surface area (Å²) in [5, 5.41) is 0. The van der Waals surface area contributed by atoms with Crippen molar-refractivity contribution in [2.75, 3.05) is 0 Å². The van der Waals surface area contributed by atoms with Gasteiger partial charge in [0.05, 0.1) is 12.7 Å². The van der Waals surface area contributed by atoms with Crippen molar-refractivity contribution in [1.29, 1.82) is 0 Å². The lowest BCUT2D eigenvalue weighted by Crippen LogP contribution is -2.13. The molecule has 0 aliphatic carbocycles. The van der Waals surface area contributed by atoms with E-state index in [1.54, 1.807) is 0 Å². The topological polar surface area (TPSA) is 26.3 Å². The molecular weight excluding hydrogens is 308 g/mol. The second kappa shape index (κ2) is 16.3. The highest BCUT2D eigenvalue weighted by atomic mass is 16.5. The minimum atomic E-state index is 0.0799. The normalized spacial score (nSPS) is 12.2. The van der Waals surface area contributed by atoms with Gasteiger partial charge in [-0.3, -0.25) is 0 Å². The zero-order valence-electron chi connectivity index (χ0n) is 16.3. The molecule has 2 heteroatoms. The van der Waals surface area contributed by atoms with Crippen LogP contribution in [0.5, 0.6) is 0 Å². The first-order chi connectivity index (χ1) is 12.4. The SMILES string of the molecule is CCCCCCCCCCCCC[C@@H](CC=O)OCc1ccccc1. The van der Waals surface area contributed by atoms with Gasteiger partial charge in [0.2, 0.25) is 0 Å². The van der Waals surface area contributed by atoms with Crippen LogP contribution in [0.2, 0.25) is 0 Å². The molecule has 1 aromatic carbocycles. The second-order valence-corrected chi connectivity index (χ2v) is 7.15. The number of carbonyl (C=O) groups excluding carboxylic acids is 1. The smallest absolute Gasteiger partial charge is 0.122 e. The summed E-state index contributed by atoms with van der Waals surface area (Å²) in [6, 6.07) is 10.2. The maximum Gasteiger partial charge on any atom is 0.122 e. The predicted octanol–water partition coefficient (Wildman–Crippen LogP) is 6.86. The van der Waals surface area contributed by atoms with E-state index < -0.39 is 0 Å². The van der Waals surface area contributed by atoms with Gasteiger partial charge in [-0.05, 0) is 12.0 Å². The zero-order chi connectivity index (χ0) is 18.0. The third kappa shape index (κ3) is 12.8. The molecule has 1 aromatic rings. The lowest BCUT2D eigenvalue weighted by Gasteiger charge is -2.15. The van der Waals surface area contributed by atoms with Gasteiger partial charge in [-0.1, -0.05) is 108 Å². The molecule has 0 amide bonds. The van der Waals surface area contributed by atoms with E-state index in [1.807, 2.05) is 18.2 Å². The highest BCUT2D eigenvalue weighted by Crippen LogP contribution is 2.15. The number of hydrogen-bond acceptors (Lipinski definition) is 2. The van der Waals surface area contributed by atoms with Crippen LogP contribution in [0.15, 0.2) is 30.3 Å². The fourth-order valence-corrected chi connectivity index (χ4v) is 3.20. The van der Waals surface area contributed by atoms with E-state index in [0.717, 1.165) is 12.7 Å². The fraction of sp³-hybridized carbons (Fsp3) is 0.696. The Labute approximate surface area is 155 Å². The summed E-state index contributed by atoms with van der Waals surface area (Å²) >= 11 is 0. The molecule has 0 saturated heterocycles. The van der Waals surface area contributed by atoms with Crippen molar-refractivity contribution in [3.63, 3.8) is 0 Å². The molecule has 0 radical (unpaired) electrons. The third-order valence-electron chi connectivity index (χ3n) is 4.82. The van der Waals surface area contributed by atoms with E-state index in [9.17, 15) is 4.79 Å². The van der Waals surface area contributed by atoms with Gasteiger partial charge in [0.25, 0.3) is 0 Å². The van der Waals surface area contributed by atoms with E-state index >= 15 is 0 Å². The number of carbonyl (C=O) groups is 1. The molecule has 0 unspecified atom stereocenters. The van der Waals surface area contributed by atoms with E-state index in [-0.39, 0.29) is 6.10 Å². The predicted molar refractivity (Wildman–Crippen MR) is 107 cm³/mol. The van der Waals surface area contributed by atoms with Gasteiger partial charge >= 0.3 is 0 Å². The monoisotopic (exact) mass is 346 g/mol. The van der Waals surface area contributed by atoms with Crippen LogP contribution in [0.25, 0.3) is 0 Å². The Morgan fingerprint density at radius 3 is 1.96 bits per heavy atom. The molecule has 0 heterocycles. The molecule has 2 nitrogen and oxygen atoms in total. The van der Waals surface area contributed by atoms with Gasteiger partial charge in [-0.25, -0.2) is 0 Å². The number of hydrogen-bond donors (Lipinski definition) is 0. The molecule has 25 heavy (non-hydrogen) atoms. The molecule has 0 N–H and O–H groups in total. The first-order valence-corrected chi connectivity index (χ1v) is 10.5. The van der Waals surface area contributed by atoms with Crippen molar-refractivity contribution < 1.29 is 9.53 Å². The fourth-order valence-electron chi connectivity index (χ4n) is 3.20. The Bertz CT molecular complexity index is 402. The van der Waals surface area contributed by atoms with Crippen molar-refractivity contribution in [3.05, 3.63) is 35.9 Å². The molecule has 0 saturated carbocycles. The maximum absolute atomic E-state index is 10.8. The van der Waals surface area contributed by atoms with Crippen LogP contribution in [0.3, 0.4) is 0 Å². The average Bonchev–Trinajstić information content (AvgIpc) is 2.65. The van der Waals surface area contributed by atoms with Crippen LogP contribution in [0, 0.1) is 0 Å². The summed E-state index contributed by atoms with van der Waals surface area (Å²) in [4.78, 5) is 10.8. The van der Waals surface area contributed by atoms with Crippen molar-refractivity contribution in [3.8, 4) is 0 Å². The van der Waals surface area contributed by atoms with Gasteiger partial charge in [0.1, 0.15) is 6.29 Å². The second-order valence-electron chi connectivity index (χ2n) is 7.15. The number of benzene rings is 1. The van der Waals surface area contributed by atoms with Crippen LogP contribution in [0.1, 0.15) is 96.0 Å². The largest absolute Gasteiger partial charge is 0.373 e. The molecule has 0 aliphatic heterocycles. The molecule has 0 spiro atoms. The standard InChI is InChI=1S/C23H38O2/c1-2-3-4-5-6-7-8-9-10-11-15-18-23(19-20-24)25-21-22-16-13-12-14-17-22/h12-14,16-17,20,23H,2-11,15,18-19,21H2,1H3/t23-/m0/s1. The summed E-state index contributed by atoms with van der Waals surface area (Å²) in [7, 11) is 0. The third-order valence-corrected chi connectivity index (χ3v) is 4.82. The summed E-state index contributed by atoms with van der Waals surface area (Å²) in [5.41, 5.74) is 1.18. The van der Waals surface area contributed by atoms with Crippen molar-refractivity contribution >= 4 is 6.29 Å². The van der Waals surface area contributed by atoms with Crippen LogP contribution in [-0.4, -0.2) is 12.4 Å². The van der Waals surface area contributed by atoms with Crippen molar-refractivity contribution in [2.45, 2.75) is 103 Å². The lowest BCUT2D eigenvalue weighted by atomic mass is 10.0. The van der Waals surface area contributed by atoms with Gasteiger partial charge < -0.3 is 9.53 Å². The Kier molecular flexibility index (Phi) is 14.3. The molecule has 142 valence electrons. The number of rotatable bonds is 17. The molecule has 1 atom stereocenters. The molecule has 0 aromatic heterocycles. The summed E-state index contributed by atoms with van der Waals surface area (Å²) in [5.74, 6) is 0. The summed E-state index contributed by atoms with van der Waals surface area (Å²) in [6.45, 7) is 2.88. The first kappa shape index (κ1) is 21.9. The molecule has 0 bridgehead atoms. The van der Waals surface area contributed by atoms with Crippen LogP contribution < -0.4 is 0 Å². The highest BCUT2D eigenvalue weighted by molar-refractivity contribution is 5.50. The van der Waals surface area contributed by atoms with E-state index in [4.69, 9.17) is 4.74 Å². The van der Waals surface area contributed by atoms with Crippen LogP contribution in [0.4, 0.5) is 0 Å². The zero-order valence-corrected chi connectivity index (χ0v) is 16.3. The number of aldehydes is 1. The molecule has 1 rings (SSSR count). The average molecular weight is 347 g/mol. The Balaban J connectivity index is 1.98. The minimum Gasteiger partial charge on any atom is -0.373 e. The van der Waals surface area contributed by atoms with Crippen LogP contribution in [-0.2, 0) is 16.1 Å². The Hall–Kier alpha value is -1.15. The lowest BCUT2D eigenvalue weighted by molar-refractivity contribution is -0.110. The molecule has 0 aliphatic rings. The highest BCUT2D eigenvalue weighted by Gasteiger charge is 2.08. The minimum absolute atomic E-state index is 0.0799. The van der Waals surface area contributed by atoms with Gasteiger partial charge in [-0.2, -0.15) is 0 Å². The van der Waals surface area contributed by atoms with E-state index in [1.165, 1.54) is 76.2 Å². The van der Waals surface area contributed by atoms with Gasteiger partial charge in [0, 0.05) is 6.42 Å². The maximum atomic E-state index is 10.8. The first-order valence-electron chi connectivity index (χ1n) is 10.5. The number of ether oxygens (including phenoxy) is 1. The van der Waals surface area contributed by atoms with E-state index in [0.29, 0.717) is 13.0 Å². The van der Waals surface area contributed by atoms with Crippen molar-refractivity contribution in [1.82, 2.24) is 0 Å². The molecule has 0 fully saturated rings. The van der Waals surface area contributed by atoms with Gasteiger partial charge in [-0.15, -0.1) is 0 Å². The summed E-state index contributed by atoms with van der Waals surface area (Å²) in [6.07, 6.45) is 17.5. The Morgan fingerprint density at radius 1 is 0.840 bits per heavy atom.